The van der Waals surface area contributed by atoms with Crippen molar-refractivity contribution in [3.63, 3.8) is 0 Å². The summed E-state index contributed by atoms with van der Waals surface area (Å²) in [5.41, 5.74) is 2.55. The molecule has 1 aromatic heterocycles. The Balaban J connectivity index is 1.37. The van der Waals surface area contributed by atoms with Crippen molar-refractivity contribution in [1.29, 1.82) is 0 Å². The molecule has 0 bridgehead atoms. The van der Waals surface area contributed by atoms with Crippen molar-refractivity contribution < 1.29 is 18.1 Å². The first-order valence-corrected chi connectivity index (χ1v) is 9.70. The maximum Gasteiger partial charge on any atom is 0.223 e. The standard InChI is InChI=1S/C21H25F2N3O2/c1-14-19(15(2)28-24-14)12-25-5-3-21(4-6-25)10-20(27)26(13-21)11-16-7-17(22)9-18(23)8-16/h7-9H,3-6,10-13H2,1-2H3. The van der Waals surface area contributed by atoms with Gasteiger partial charge in [0.25, 0.3) is 0 Å². The zero-order valence-electron chi connectivity index (χ0n) is 16.3. The molecular weight excluding hydrogens is 364 g/mol. The number of halogens is 2. The predicted molar refractivity (Wildman–Crippen MR) is 99.3 cm³/mol. The van der Waals surface area contributed by atoms with E-state index < -0.39 is 11.6 Å². The van der Waals surface area contributed by atoms with Crippen LogP contribution in [-0.4, -0.2) is 40.5 Å². The van der Waals surface area contributed by atoms with Crippen molar-refractivity contribution in [3.8, 4) is 0 Å². The second-order valence-electron chi connectivity index (χ2n) is 8.28. The maximum absolute atomic E-state index is 13.4. The highest BCUT2D eigenvalue weighted by Crippen LogP contribution is 2.42. The molecule has 0 radical (unpaired) electrons. The van der Waals surface area contributed by atoms with Crippen LogP contribution in [0.3, 0.4) is 0 Å². The van der Waals surface area contributed by atoms with Crippen molar-refractivity contribution in [1.82, 2.24) is 15.0 Å². The molecule has 0 aliphatic carbocycles. The second kappa shape index (κ2) is 7.28. The Hall–Kier alpha value is -2.28. The van der Waals surface area contributed by atoms with Crippen molar-refractivity contribution in [2.24, 2.45) is 5.41 Å². The molecule has 4 rings (SSSR count). The topological polar surface area (TPSA) is 49.6 Å². The van der Waals surface area contributed by atoms with E-state index in [0.29, 0.717) is 18.5 Å². The van der Waals surface area contributed by atoms with E-state index in [-0.39, 0.29) is 17.9 Å². The van der Waals surface area contributed by atoms with Crippen LogP contribution in [0.15, 0.2) is 22.7 Å². The number of hydrogen-bond donors (Lipinski definition) is 0. The fraction of sp³-hybridized carbons (Fsp3) is 0.524. The predicted octanol–water partition coefficient (Wildman–Crippen LogP) is 3.58. The van der Waals surface area contributed by atoms with E-state index in [1.54, 1.807) is 4.90 Å². The molecule has 0 atom stereocenters. The van der Waals surface area contributed by atoms with Crippen LogP contribution >= 0.6 is 0 Å². The Kier molecular flexibility index (Phi) is 4.95. The average molecular weight is 389 g/mol. The molecule has 2 fully saturated rings. The minimum Gasteiger partial charge on any atom is -0.361 e. The number of benzene rings is 1. The third-order valence-electron chi connectivity index (χ3n) is 6.18. The van der Waals surface area contributed by atoms with E-state index >= 15 is 0 Å². The lowest BCUT2D eigenvalue weighted by atomic mass is 9.77. The highest BCUT2D eigenvalue weighted by molar-refractivity contribution is 5.79. The van der Waals surface area contributed by atoms with Gasteiger partial charge in [-0.1, -0.05) is 5.16 Å². The molecule has 28 heavy (non-hydrogen) atoms. The minimum absolute atomic E-state index is 0.0296. The number of likely N-dealkylation sites (tertiary alicyclic amines) is 2. The lowest BCUT2D eigenvalue weighted by Crippen LogP contribution is -2.41. The van der Waals surface area contributed by atoms with Gasteiger partial charge in [-0.15, -0.1) is 0 Å². The number of nitrogens with zero attached hydrogens (tertiary/aromatic N) is 3. The quantitative estimate of drug-likeness (QED) is 0.802. The Bertz CT molecular complexity index is 848. The lowest BCUT2D eigenvalue weighted by molar-refractivity contribution is -0.128. The smallest absolute Gasteiger partial charge is 0.223 e. The molecule has 0 unspecified atom stereocenters. The molecule has 7 heteroatoms. The van der Waals surface area contributed by atoms with Crippen molar-refractivity contribution in [2.45, 2.75) is 46.2 Å². The Labute approximate surface area is 163 Å². The molecule has 2 aliphatic rings. The van der Waals surface area contributed by atoms with E-state index in [4.69, 9.17) is 4.52 Å². The van der Waals surface area contributed by atoms with Crippen molar-refractivity contribution in [3.05, 3.63) is 52.4 Å². The Morgan fingerprint density at radius 3 is 2.39 bits per heavy atom. The minimum atomic E-state index is -0.607. The molecule has 2 saturated heterocycles. The van der Waals surface area contributed by atoms with Gasteiger partial charge >= 0.3 is 0 Å². The first kappa shape index (κ1) is 19.1. The SMILES string of the molecule is Cc1noc(C)c1CN1CCC2(CC1)CC(=O)N(Cc1cc(F)cc(F)c1)C2. The van der Waals surface area contributed by atoms with Crippen LogP contribution < -0.4 is 0 Å². The molecule has 0 N–H and O–H groups in total. The number of carbonyl (C=O) groups excluding carboxylic acids is 1. The lowest BCUT2D eigenvalue weighted by Gasteiger charge is -2.38. The number of rotatable bonds is 4. The van der Waals surface area contributed by atoms with Crippen LogP contribution in [0, 0.1) is 30.9 Å². The number of aromatic nitrogens is 1. The summed E-state index contributed by atoms with van der Waals surface area (Å²) in [7, 11) is 0. The van der Waals surface area contributed by atoms with Crippen molar-refractivity contribution >= 4 is 5.91 Å². The summed E-state index contributed by atoms with van der Waals surface area (Å²) >= 11 is 0. The highest BCUT2D eigenvalue weighted by atomic mass is 19.1. The van der Waals surface area contributed by atoms with Crippen LogP contribution in [-0.2, 0) is 17.9 Å². The van der Waals surface area contributed by atoms with Crippen LogP contribution in [0.4, 0.5) is 8.78 Å². The summed E-state index contributed by atoms with van der Waals surface area (Å²) in [4.78, 5) is 16.7. The molecule has 2 aliphatic heterocycles. The third-order valence-corrected chi connectivity index (χ3v) is 6.18. The first-order chi connectivity index (χ1) is 13.3. The maximum atomic E-state index is 13.4. The van der Waals surface area contributed by atoms with Gasteiger partial charge in [-0.2, -0.15) is 0 Å². The van der Waals surface area contributed by atoms with Gasteiger partial charge in [0.15, 0.2) is 0 Å². The number of hydrogen-bond acceptors (Lipinski definition) is 4. The third kappa shape index (κ3) is 3.81. The van der Waals surface area contributed by atoms with E-state index in [9.17, 15) is 13.6 Å². The van der Waals surface area contributed by atoms with Gasteiger partial charge in [0.2, 0.25) is 5.91 Å². The van der Waals surface area contributed by atoms with Gasteiger partial charge in [-0.25, -0.2) is 8.78 Å². The van der Waals surface area contributed by atoms with Gasteiger partial charge in [0, 0.05) is 37.7 Å². The molecule has 5 nitrogen and oxygen atoms in total. The molecular formula is C21H25F2N3O2. The fourth-order valence-corrected chi connectivity index (χ4v) is 4.52. The monoisotopic (exact) mass is 389 g/mol. The summed E-state index contributed by atoms with van der Waals surface area (Å²) < 4.78 is 32.1. The molecule has 0 saturated carbocycles. The van der Waals surface area contributed by atoms with Gasteiger partial charge in [-0.05, 0) is 62.9 Å². The molecule has 1 aromatic carbocycles. The Morgan fingerprint density at radius 2 is 1.79 bits per heavy atom. The van der Waals surface area contributed by atoms with Gasteiger partial charge in [-0.3, -0.25) is 9.69 Å². The number of aryl methyl sites for hydroxylation is 2. The molecule has 1 amide bonds. The molecule has 2 aromatic rings. The summed E-state index contributed by atoms with van der Waals surface area (Å²) in [6.07, 6.45) is 2.40. The highest BCUT2D eigenvalue weighted by Gasteiger charge is 2.44. The summed E-state index contributed by atoms with van der Waals surface area (Å²) in [6, 6.07) is 3.45. The Morgan fingerprint density at radius 1 is 1.11 bits per heavy atom. The molecule has 1 spiro atoms. The van der Waals surface area contributed by atoms with Gasteiger partial charge < -0.3 is 9.42 Å². The van der Waals surface area contributed by atoms with Crippen LogP contribution in [0.1, 0.15) is 41.8 Å². The van der Waals surface area contributed by atoms with E-state index in [1.807, 2.05) is 13.8 Å². The van der Waals surface area contributed by atoms with Gasteiger partial charge in [0.1, 0.15) is 17.4 Å². The molecule has 150 valence electrons. The molecule has 3 heterocycles. The largest absolute Gasteiger partial charge is 0.361 e. The zero-order valence-corrected chi connectivity index (χ0v) is 16.3. The summed E-state index contributed by atoms with van der Waals surface area (Å²) in [6.45, 7) is 7.46. The first-order valence-electron chi connectivity index (χ1n) is 9.70. The van der Waals surface area contributed by atoms with Crippen LogP contribution in [0.2, 0.25) is 0 Å². The van der Waals surface area contributed by atoms with E-state index in [0.717, 1.165) is 55.6 Å². The zero-order chi connectivity index (χ0) is 19.9. The second-order valence-corrected chi connectivity index (χ2v) is 8.28. The van der Waals surface area contributed by atoms with Crippen molar-refractivity contribution in [2.75, 3.05) is 19.6 Å². The number of piperidine rings is 1. The summed E-state index contributed by atoms with van der Waals surface area (Å²) in [5.74, 6) is -0.279. The normalized spacial score (nSPS) is 19.7. The number of amides is 1. The number of carbonyl (C=O) groups is 1. The van der Waals surface area contributed by atoms with Crippen LogP contribution in [0.25, 0.3) is 0 Å². The van der Waals surface area contributed by atoms with E-state index in [2.05, 4.69) is 10.1 Å². The average Bonchev–Trinajstić information content (AvgIpc) is 3.10. The van der Waals surface area contributed by atoms with E-state index in [1.165, 1.54) is 12.1 Å². The van der Waals surface area contributed by atoms with Gasteiger partial charge in [0.05, 0.1) is 5.69 Å². The fourth-order valence-electron chi connectivity index (χ4n) is 4.52. The van der Waals surface area contributed by atoms with Crippen LogP contribution in [0.5, 0.6) is 0 Å². The summed E-state index contributed by atoms with van der Waals surface area (Å²) in [5, 5.41) is 4.02.